The highest BCUT2D eigenvalue weighted by Crippen LogP contribution is 2.35. The average Bonchev–Trinajstić information content (AvgIpc) is 3.19. The number of hydrogen-bond donors (Lipinski definition) is 2. The maximum absolute atomic E-state index is 11.5. The number of amides is 2. The largest absolute Gasteiger partial charge is 0.334 e. The van der Waals surface area contributed by atoms with Gasteiger partial charge in [-0.25, -0.2) is 4.79 Å². The molecular weight excluding hydrogens is 214 g/mol. The molecule has 0 unspecified atom stereocenters. The molecule has 2 amide bonds. The number of nitrogens with zero attached hydrogens (tertiary/aromatic N) is 1. The van der Waals surface area contributed by atoms with Gasteiger partial charge in [0.1, 0.15) is 0 Å². The quantitative estimate of drug-likeness (QED) is 0.834. The molecular formula is C13H17N3O. The van der Waals surface area contributed by atoms with Crippen LogP contribution in [-0.2, 0) is 6.54 Å². The van der Waals surface area contributed by atoms with E-state index in [4.69, 9.17) is 0 Å². The molecule has 90 valence electrons. The van der Waals surface area contributed by atoms with Gasteiger partial charge < -0.3 is 10.6 Å². The molecule has 1 saturated carbocycles. The van der Waals surface area contributed by atoms with Crippen molar-refractivity contribution in [2.75, 3.05) is 0 Å². The van der Waals surface area contributed by atoms with Crippen LogP contribution in [0.15, 0.2) is 36.3 Å². The number of hydrogen-bond acceptors (Lipinski definition) is 2. The molecule has 1 fully saturated rings. The highest BCUT2D eigenvalue weighted by atomic mass is 16.2. The molecule has 2 rings (SSSR count). The Morgan fingerprint density at radius 1 is 1.47 bits per heavy atom. The molecule has 0 spiro atoms. The maximum atomic E-state index is 11.5. The first-order valence-electron chi connectivity index (χ1n) is 5.85. The summed E-state index contributed by atoms with van der Waals surface area (Å²) in [4.78, 5) is 15.4. The van der Waals surface area contributed by atoms with Gasteiger partial charge in [-0.15, -0.1) is 0 Å². The second-order valence-corrected chi connectivity index (χ2v) is 4.35. The van der Waals surface area contributed by atoms with Crippen molar-refractivity contribution in [1.82, 2.24) is 15.6 Å². The SMILES string of the molecule is C/C(=C\NC(=O)NCc1ccncc1)C1CC1. The summed E-state index contributed by atoms with van der Waals surface area (Å²) in [6.07, 6.45) is 7.74. The van der Waals surface area contributed by atoms with E-state index in [0.717, 1.165) is 5.56 Å². The maximum Gasteiger partial charge on any atom is 0.319 e. The minimum Gasteiger partial charge on any atom is -0.334 e. The molecule has 0 saturated heterocycles. The Morgan fingerprint density at radius 2 is 2.18 bits per heavy atom. The predicted octanol–water partition coefficient (Wildman–Crippen LogP) is 2.19. The summed E-state index contributed by atoms with van der Waals surface area (Å²) in [5.41, 5.74) is 2.29. The van der Waals surface area contributed by atoms with Gasteiger partial charge in [-0.05, 0) is 43.4 Å². The molecule has 1 aromatic rings. The third kappa shape index (κ3) is 3.90. The number of carbonyl (C=O) groups is 1. The number of carbonyl (C=O) groups excluding carboxylic acids is 1. The Hall–Kier alpha value is -1.84. The summed E-state index contributed by atoms with van der Waals surface area (Å²) in [5, 5.41) is 5.54. The highest BCUT2D eigenvalue weighted by molar-refractivity contribution is 5.74. The molecule has 0 atom stereocenters. The fraction of sp³-hybridized carbons (Fsp3) is 0.385. The molecule has 2 N–H and O–H groups in total. The Labute approximate surface area is 101 Å². The number of pyridine rings is 1. The smallest absolute Gasteiger partial charge is 0.319 e. The van der Waals surface area contributed by atoms with Crippen LogP contribution in [-0.4, -0.2) is 11.0 Å². The molecule has 17 heavy (non-hydrogen) atoms. The monoisotopic (exact) mass is 231 g/mol. The zero-order chi connectivity index (χ0) is 12.1. The molecule has 1 aromatic heterocycles. The molecule has 1 aliphatic carbocycles. The number of allylic oxidation sites excluding steroid dienone is 1. The van der Waals surface area contributed by atoms with Crippen molar-refractivity contribution >= 4 is 6.03 Å². The van der Waals surface area contributed by atoms with Gasteiger partial charge in [0.05, 0.1) is 0 Å². The standard InChI is InChI=1S/C13H17N3O/c1-10(12-2-3-12)8-15-13(17)16-9-11-4-6-14-7-5-11/h4-8,12H,2-3,9H2,1H3,(H2,15,16,17)/b10-8+. The lowest BCUT2D eigenvalue weighted by atomic mass is 10.2. The summed E-state index contributed by atoms with van der Waals surface area (Å²) in [5.74, 6) is 0.690. The van der Waals surface area contributed by atoms with Gasteiger partial charge in [0.15, 0.2) is 0 Å². The summed E-state index contributed by atoms with van der Waals surface area (Å²) in [6.45, 7) is 2.57. The molecule has 1 aliphatic rings. The third-order valence-electron chi connectivity index (χ3n) is 2.85. The van der Waals surface area contributed by atoms with Gasteiger partial charge in [0.25, 0.3) is 0 Å². The van der Waals surface area contributed by atoms with Crippen LogP contribution in [0.25, 0.3) is 0 Å². The lowest BCUT2D eigenvalue weighted by Crippen LogP contribution is -2.31. The van der Waals surface area contributed by atoms with E-state index >= 15 is 0 Å². The van der Waals surface area contributed by atoms with Gasteiger partial charge in [-0.3, -0.25) is 4.98 Å². The lowest BCUT2D eigenvalue weighted by molar-refractivity contribution is 0.243. The zero-order valence-corrected chi connectivity index (χ0v) is 9.94. The minimum absolute atomic E-state index is 0.165. The first kappa shape index (κ1) is 11.6. The van der Waals surface area contributed by atoms with Crippen molar-refractivity contribution in [2.45, 2.75) is 26.3 Å². The van der Waals surface area contributed by atoms with E-state index in [2.05, 4.69) is 22.5 Å². The number of nitrogens with one attached hydrogen (secondary N) is 2. The molecule has 0 aliphatic heterocycles. The molecule has 0 bridgehead atoms. The van der Waals surface area contributed by atoms with Crippen LogP contribution in [0.4, 0.5) is 4.79 Å². The number of rotatable bonds is 4. The Kier molecular flexibility index (Phi) is 3.75. The Balaban J connectivity index is 1.72. The fourth-order valence-electron chi connectivity index (χ4n) is 1.57. The Bertz CT molecular complexity index is 410. The van der Waals surface area contributed by atoms with Crippen LogP contribution < -0.4 is 10.6 Å². The van der Waals surface area contributed by atoms with Crippen molar-refractivity contribution < 1.29 is 4.79 Å². The van der Waals surface area contributed by atoms with Crippen molar-refractivity contribution in [2.24, 2.45) is 5.92 Å². The predicted molar refractivity (Wildman–Crippen MR) is 66.1 cm³/mol. The average molecular weight is 231 g/mol. The van der Waals surface area contributed by atoms with E-state index < -0.39 is 0 Å². The highest BCUT2D eigenvalue weighted by Gasteiger charge is 2.22. The van der Waals surface area contributed by atoms with Gasteiger partial charge in [0.2, 0.25) is 0 Å². The van der Waals surface area contributed by atoms with Gasteiger partial charge in [0, 0.05) is 25.1 Å². The topological polar surface area (TPSA) is 54.0 Å². The fourth-order valence-corrected chi connectivity index (χ4v) is 1.57. The normalized spacial score (nSPS) is 15.5. The van der Waals surface area contributed by atoms with E-state index in [1.807, 2.05) is 12.1 Å². The van der Waals surface area contributed by atoms with E-state index in [1.165, 1.54) is 18.4 Å². The minimum atomic E-state index is -0.165. The molecule has 1 heterocycles. The van der Waals surface area contributed by atoms with Crippen LogP contribution in [0.3, 0.4) is 0 Å². The van der Waals surface area contributed by atoms with E-state index in [9.17, 15) is 4.79 Å². The van der Waals surface area contributed by atoms with Crippen LogP contribution in [0.2, 0.25) is 0 Å². The van der Waals surface area contributed by atoms with Crippen LogP contribution in [0.5, 0.6) is 0 Å². The van der Waals surface area contributed by atoms with E-state index in [0.29, 0.717) is 12.5 Å². The Morgan fingerprint density at radius 3 is 2.82 bits per heavy atom. The van der Waals surface area contributed by atoms with Crippen LogP contribution >= 0.6 is 0 Å². The third-order valence-corrected chi connectivity index (χ3v) is 2.85. The van der Waals surface area contributed by atoms with Gasteiger partial charge in [-0.1, -0.05) is 5.57 Å². The van der Waals surface area contributed by atoms with Crippen LogP contribution in [0.1, 0.15) is 25.3 Å². The summed E-state index contributed by atoms with van der Waals surface area (Å²) >= 11 is 0. The van der Waals surface area contributed by atoms with Crippen molar-refractivity contribution in [3.63, 3.8) is 0 Å². The first-order valence-corrected chi connectivity index (χ1v) is 5.85. The van der Waals surface area contributed by atoms with Gasteiger partial charge >= 0.3 is 6.03 Å². The van der Waals surface area contributed by atoms with E-state index in [1.54, 1.807) is 18.6 Å². The van der Waals surface area contributed by atoms with Crippen molar-refractivity contribution in [1.29, 1.82) is 0 Å². The summed E-state index contributed by atoms with van der Waals surface area (Å²) in [7, 11) is 0. The molecule has 4 nitrogen and oxygen atoms in total. The summed E-state index contributed by atoms with van der Waals surface area (Å²) < 4.78 is 0. The second-order valence-electron chi connectivity index (χ2n) is 4.35. The van der Waals surface area contributed by atoms with Crippen molar-refractivity contribution in [3.8, 4) is 0 Å². The number of aromatic nitrogens is 1. The van der Waals surface area contributed by atoms with Gasteiger partial charge in [-0.2, -0.15) is 0 Å². The van der Waals surface area contributed by atoms with E-state index in [-0.39, 0.29) is 6.03 Å². The molecule has 0 aromatic carbocycles. The molecule has 4 heteroatoms. The van der Waals surface area contributed by atoms with Crippen molar-refractivity contribution in [3.05, 3.63) is 41.9 Å². The summed E-state index contributed by atoms with van der Waals surface area (Å²) in [6, 6.07) is 3.60. The first-order chi connectivity index (χ1) is 8.25. The lowest BCUT2D eigenvalue weighted by Gasteiger charge is -2.05. The second kappa shape index (κ2) is 5.48. The van der Waals surface area contributed by atoms with Crippen LogP contribution in [0, 0.1) is 5.92 Å². The molecule has 0 radical (unpaired) electrons. The zero-order valence-electron chi connectivity index (χ0n) is 9.94. The number of urea groups is 1.